The maximum absolute atomic E-state index is 11.9. The summed E-state index contributed by atoms with van der Waals surface area (Å²) >= 11 is 0. The van der Waals surface area contributed by atoms with Gasteiger partial charge >= 0.3 is 6.03 Å². The van der Waals surface area contributed by atoms with Gasteiger partial charge in [0, 0.05) is 24.8 Å². The van der Waals surface area contributed by atoms with E-state index in [1.54, 1.807) is 36.2 Å². The number of carbonyl (C=O) groups excluding carboxylic acids is 2. The molecule has 0 aliphatic carbocycles. The lowest BCUT2D eigenvalue weighted by molar-refractivity contribution is 0.101. The van der Waals surface area contributed by atoms with Crippen LogP contribution >= 0.6 is 0 Å². The number of hydrogen-bond donors (Lipinski definition) is 2. The monoisotopic (exact) mass is 263 g/mol. The Bertz CT molecular complexity index is 429. The number of nitrogens with zero attached hydrogens (tertiary/aromatic N) is 1. The number of rotatable bonds is 6. The van der Waals surface area contributed by atoms with E-state index < -0.39 is 0 Å². The number of nitrogens with one attached hydrogen (secondary N) is 2. The van der Waals surface area contributed by atoms with Crippen LogP contribution in [0.1, 0.15) is 23.7 Å². The summed E-state index contributed by atoms with van der Waals surface area (Å²) in [6, 6.07) is 6.73. The standard InChI is InChI=1S/C14H21N3O2/c1-11(18)12-5-7-13(8-6-12)16-14(19)17(3)10-4-9-15-2/h5-8,15H,4,9-10H2,1-3H3,(H,16,19). The molecule has 104 valence electrons. The average molecular weight is 263 g/mol. The molecule has 1 aromatic carbocycles. The van der Waals surface area contributed by atoms with Crippen molar-refractivity contribution in [3.63, 3.8) is 0 Å². The highest BCUT2D eigenvalue weighted by Gasteiger charge is 2.08. The van der Waals surface area contributed by atoms with Crippen LogP contribution in [-0.4, -0.2) is 43.9 Å². The van der Waals surface area contributed by atoms with Crippen LogP contribution in [0.3, 0.4) is 0 Å². The van der Waals surface area contributed by atoms with Crippen molar-refractivity contribution >= 4 is 17.5 Å². The molecule has 0 fully saturated rings. The van der Waals surface area contributed by atoms with Gasteiger partial charge in [-0.2, -0.15) is 0 Å². The molecule has 0 atom stereocenters. The third kappa shape index (κ3) is 5.09. The molecule has 0 aromatic heterocycles. The molecule has 2 amide bonds. The fraction of sp³-hybridized carbons (Fsp3) is 0.429. The second kappa shape index (κ2) is 7.53. The molecule has 2 N–H and O–H groups in total. The number of Topliss-reactive ketones (excluding diaryl/α,β-unsaturated/α-hetero) is 1. The maximum atomic E-state index is 11.9. The van der Waals surface area contributed by atoms with Gasteiger partial charge in [-0.25, -0.2) is 4.79 Å². The molecule has 5 heteroatoms. The van der Waals surface area contributed by atoms with E-state index in [9.17, 15) is 9.59 Å². The molecule has 1 aromatic rings. The number of hydrogen-bond acceptors (Lipinski definition) is 3. The number of anilines is 1. The third-order valence-corrected chi connectivity index (χ3v) is 2.81. The van der Waals surface area contributed by atoms with Gasteiger partial charge in [0.05, 0.1) is 0 Å². The smallest absolute Gasteiger partial charge is 0.321 e. The van der Waals surface area contributed by atoms with Gasteiger partial charge in [-0.3, -0.25) is 4.79 Å². The van der Waals surface area contributed by atoms with E-state index in [0.717, 1.165) is 13.0 Å². The average Bonchev–Trinajstić information content (AvgIpc) is 2.39. The largest absolute Gasteiger partial charge is 0.328 e. The van der Waals surface area contributed by atoms with Crippen LogP contribution in [0.2, 0.25) is 0 Å². The summed E-state index contributed by atoms with van der Waals surface area (Å²) in [6.45, 7) is 3.09. The summed E-state index contributed by atoms with van der Waals surface area (Å²) in [5.41, 5.74) is 1.33. The fourth-order valence-corrected chi connectivity index (χ4v) is 1.60. The first-order chi connectivity index (χ1) is 9.04. The number of urea groups is 1. The molecule has 19 heavy (non-hydrogen) atoms. The lowest BCUT2D eigenvalue weighted by atomic mass is 10.1. The van der Waals surface area contributed by atoms with Gasteiger partial charge in [0.1, 0.15) is 0 Å². The Morgan fingerprint density at radius 3 is 2.37 bits per heavy atom. The van der Waals surface area contributed by atoms with E-state index in [0.29, 0.717) is 17.8 Å². The summed E-state index contributed by atoms with van der Waals surface area (Å²) < 4.78 is 0. The van der Waals surface area contributed by atoms with Gasteiger partial charge in [-0.1, -0.05) is 0 Å². The second-order valence-electron chi connectivity index (χ2n) is 4.44. The van der Waals surface area contributed by atoms with E-state index in [-0.39, 0.29) is 11.8 Å². The lowest BCUT2D eigenvalue weighted by Crippen LogP contribution is -2.33. The van der Waals surface area contributed by atoms with Crippen LogP contribution in [0.25, 0.3) is 0 Å². The van der Waals surface area contributed by atoms with Crippen molar-refractivity contribution in [3.05, 3.63) is 29.8 Å². The predicted molar refractivity (Wildman–Crippen MR) is 76.6 cm³/mol. The fourth-order valence-electron chi connectivity index (χ4n) is 1.60. The number of benzene rings is 1. The molecule has 0 unspecified atom stereocenters. The predicted octanol–water partition coefficient (Wildman–Crippen LogP) is 1.96. The molecule has 0 heterocycles. The Kier molecular flexibility index (Phi) is 6.02. The quantitative estimate of drug-likeness (QED) is 0.609. The van der Waals surface area contributed by atoms with E-state index in [2.05, 4.69) is 10.6 Å². The van der Waals surface area contributed by atoms with Crippen molar-refractivity contribution in [2.45, 2.75) is 13.3 Å². The van der Waals surface area contributed by atoms with Gasteiger partial charge in [0.15, 0.2) is 5.78 Å². The molecule has 5 nitrogen and oxygen atoms in total. The number of carbonyl (C=O) groups is 2. The molecule has 0 saturated heterocycles. The molecule has 0 spiro atoms. The first-order valence-corrected chi connectivity index (χ1v) is 6.32. The van der Waals surface area contributed by atoms with Gasteiger partial charge in [-0.05, 0) is 51.2 Å². The third-order valence-electron chi connectivity index (χ3n) is 2.81. The van der Waals surface area contributed by atoms with Crippen molar-refractivity contribution in [1.82, 2.24) is 10.2 Å². The molecule has 0 aliphatic rings. The molecule has 1 rings (SSSR count). The zero-order valence-corrected chi connectivity index (χ0v) is 11.7. The van der Waals surface area contributed by atoms with Gasteiger partial charge in [0.2, 0.25) is 0 Å². The van der Waals surface area contributed by atoms with Crippen LogP contribution in [0.4, 0.5) is 10.5 Å². The molecule has 0 saturated carbocycles. The van der Waals surface area contributed by atoms with E-state index in [1.807, 2.05) is 7.05 Å². The summed E-state index contributed by atoms with van der Waals surface area (Å²) in [7, 11) is 3.64. The summed E-state index contributed by atoms with van der Waals surface area (Å²) in [5.74, 6) is 0.0158. The van der Waals surface area contributed by atoms with E-state index in [4.69, 9.17) is 0 Å². The Labute approximate surface area is 114 Å². The van der Waals surface area contributed by atoms with Crippen molar-refractivity contribution < 1.29 is 9.59 Å². The highest BCUT2D eigenvalue weighted by molar-refractivity contribution is 5.95. The molecule has 0 aliphatic heterocycles. The molecular weight excluding hydrogens is 242 g/mol. The Morgan fingerprint density at radius 1 is 1.21 bits per heavy atom. The molecule has 0 bridgehead atoms. The summed E-state index contributed by atoms with van der Waals surface area (Å²) in [6.07, 6.45) is 0.906. The Hall–Kier alpha value is -1.88. The van der Waals surface area contributed by atoms with Crippen LogP contribution in [0, 0.1) is 0 Å². The van der Waals surface area contributed by atoms with Crippen molar-refractivity contribution in [2.24, 2.45) is 0 Å². The first-order valence-electron chi connectivity index (χ1n) is 6.32. The minimum absolute atomic E-state index is 0.0158. The first kappa shape index (κ1) is 15.2. The normalized spacial score (nSPS) is 10.1. The topological polar surface area (TPSA) is 61.4 Å². The summed E-state index contributed by atoms with van der Waals surface area (Å²) in [4.78, 5) is 24.6. The highest BCUT2D eigenvalue weighted by Crippen LogP contribution is 2.10. The zero-order valence-electron chi connectivity index (χ0n) is 11.7. The van der Waals surface area contributed by atoms with Crippen LogP contribution in [0.15, 0.2) is 24.3 Å². The van der Waals surface area contributed by atoms with Gasteiger partial charge in [-0.15, -0.1) is 0 Å². The minimum atomic E-state index is -0.147. The van der Waals surface area contributed by atoms with Gasteiger partial charge < -0.3 is 15.5 Å². The number of ketones is 1. The molecule has 0 radical (unpaired) electrons. The van der Waals surface area contributed by atoms with E-state index >= 15 is 0 Å². The van der Waals surface area contributed by atoms with Crippen molar-refractivity contribution in [1.29, 1.82) is 0 Å². The number of amides is 2. The molecular formula is C14H21N3O2. The Balaban J connectivity index is 2.49. The van der Waals surface area contributed by atoms with Gasteiger partial charge in [0.25, 0.3) is 0 Å². The zero-order chi connectivity index (χ0) is 14.3. The highest BCUT2D eigenvalue weighted by atomic mass is 16.2. The Morgan fingerprint density at radius 2 is 1.84 bits per heavy atom. The lowest BCUT2D eigenvalue weighted by Gasteiger charge is -2.17. The van der Waals surface area contributed by atoms with Crippen LogP contribution < -0.4 is 10.6 Å². The second-order valence-corrected chi connectivity index (χ2v) is 4.44. The van der Waals surface area contributed by atoms with E-state index in [1.165, 1.54) is 6.92 Å². The SMILES string of the molecule is CNCCCN(C)C(=O)Nc1ccc(C(C)=O)cc1. The minimum Gasteiger partial charge on any atom is -0.328 e. The van der Waals surface area contributed by atoms with Crippen molar-refractivity contribution in [2.75, 3.05) is 32.5 Å². The summed E-state index contributed by atoms with van der Waals surface area (Å²) in [5, 5.41) is 5.83. The van der Waals surface area contributed by atoms with Crippen LogP contribution in [-0.2, 0) is 0 Å². The maximum Gasteiger partial charge on any atom is 0.321 e. The van der Waals surface area contributed by atoms with Crippen LogP contribution in [0.5, 0.6) is 0 Å². The van der Waals surface area contributed by atoms with Crippen molar-refractivity contribution in [3.8, 4) is 0 Å².